The van der Waals surface area contributed by atoms with Crippen molar-refractivity contribution in [3.63, 3.8) is 0 Å². The molecule has 0 spiro atoms. The number of ether oxygens (including phenoxy) is 5. The first-order valence-corrected chi connectivity index (χ1v) is 14.5. The first kappa shape index (κ1) is 33.1. The minimum Gasteiger partial charge on any atom is -0.496 e. The number of aromatic nitrogens is 4. The van der Waals surface area contributed by atoms with Crippen molar-refractivity contribution >= 4 is 34.1 Å². The maximum absolute atomic E-state index is 13.3. The molecule has 0 saturated heterocycles. The zero-order valence-electron chi connectivity index (χ0n) is 25.7. The van der Waals surface area contributed by atoms with E-state index in [2.05, 4.69) is 25.9 Å². The van der Waals surface area contributed by atoms with E-state index < -0.39 is 11.5 Å². The van der Waals surface area contributed by atoms with Gasteiger partial charge in [-0.05, 0) is 39.0 Å². The molecule has 0 fully saturated rings. The molecule has 4 rings (SSSR count). The lowest BCUT2D eigenvalue weighted by atomic mass is 10.0. The van der Waals surface area contributed by atoms with Gasteiger partial charge in [0.1, 0.15) is 30.5 Å². The van der Waals surface area contributed by atoms with E-state index in [9.17, 15) is 14.4 Å². The molecule has 0 aliphatic carbocycles. The van der Waals surface area contributed by atoms with E-state index in [0.29, 0.717) is 29.5 Å². The summed E-state index contributed by atoms with van der Waals surface area (Å²) in [5, 5.41) is 17.7. The van der Waals surface area contributed by atoms with E-state index >= 15 is 0 Å². The number of carbonyl (C=O) groups excluding carboxylic acids is 2. The van der Waals surface area contributed by atoms with Gasteiger partial charge in [-0.3, -0.25) is 14.9 Å². The molecule has 0 aliphatic heterocycles. The van der Waals surface area contributed by atoms with Gasteiger partial charge in [0.15, 0.2) is 5.76 Å². The summed E-state index contributed by atoms with van der Waals surface area (Å²) < 4.78 is 35.0. The van der Waals surface area contributed by atoms with Gasteiger partial charge in [0, 0.05) is 25.7 Å². The van der Waals surface area contributed by atoms with Crippen LogP contribution < -0.4 is 30.5 Å². The van der Waals surface area contributed by atoms with Crippen molar-refractivity contribution in [1.82, 2.24) is 20.0 Å². The Labute approximate surface area is 262 Å². The Hall–Kier alpha value is -4.80. The third-order valence-corrected chi connectivity index (χ3v) is 6.60. The normalized spacial score (nSPS) is 11.2. The molecular weight excluding hydrogens is 608 g/mol. The smallest absolute Gasteiger partial charge is 0.379 e. The van der Waals surface area contributed by atoms with Crippen LogP contribution in [0.15, 0.2) is 45.7 Å². The minimum absolute atomic E-state index is 0.0338. The molecule has 0 aliphatic rings. The van der Waals surface area contributed by atoms with Gasteiger partial charge >= 0.3 is 5.63 Å². The number of rotatable bonds is 14. The summed E-state index contributed by atoms with van der Waals surface area (Å²) in [5.74, 6) is -0.474. The van der Waals surface area contributed by atoms with Crippen LogP contribution in [0.3, 0.4) is 0 Å². The summed E-state index contributed by atoms with van der Waals surface area (Å²) in [7, 11) is 2.97. The standard InChI is InChI=1S/C29H34N6O9S/c1-17(36)31-22-10-11-30-35(22)28-34-33-27(45-28)32-25(37)21-16-18(24(26(38)44-21)42-13-12-39-5)23-19(40-6)8-7-9-20(23)41-14-15-43-29(2,3)4/h7-11,16H,12-15H2,1-6H3,(H,31,36)(H,32,33,37). The molecule has 0 bridgehead atoms. The lowest BCUT2D eigenvalue weighted by Crippen LogP contribution is -2.22. The molecule has 0 atom stereocenters. The Kier molecular flexibility index (Phi) is 10.9. The van der Waals surface area contributed by atoms with Gasteiger partial charge < -0.3 is 33.4 Å². The molecule has 0 radical (unpaired) electrons. The van der Waals surface area contributed by atoms with Crippen LogP contribution >= 0.6 is 11.3 Å². The van der Waals surface area contributed by atoms with Crippen molar-refractivity contribution in [1.29, 1.82) is 0 Å². The summed E-state index contributed by atoms with van der Waals surface area (Å²) in [5.41, 5.74) is -0.696. The second-order valence-electron chi connectivity index (χ2n) is 10.3. The zero-order valence-corrected chi connectivity index (χ0v) is 26.5. The quantitative estimate of drug-likeness (QED) is 0.191. The van der Waals surface area contributed by atoms with E-state index in [1.807, 2.05) is 20.8 Å². The van der Waals surface area contributed by atoms with Gasteiger partial charge in [-0.15, -0.1) is 10.2 Å². The third kappa shape index (κ3) is 8.65. The highest BCUT2D eigenvalue weighted by molar-refractivity contribution is 7.17. The Morgan fingerprint density at radius 3 is 2.47 bits per heavy atom. The summed E-state index contributed by atoms with van der Waals surface area (Å²) >= 11 is 0.982. The zero-order chi connectivity index (χ0) is 32.6. The Balaban J connectivity index is 1.68. The van der Waals surface area contributed by atoms with Crippen LogP contribution in [0.2, 0.25) is 0 Å². The van der Waals surface area contributed by atoms with E-state index in [4.69, 9.17) is 28.1 Å². The highest BCUT2D eigenvalue weighted by Gasteiger charge is 2.25. The lowest BCUT2D eigenvalue weighted by molar-refractivity contribution is -0.114. The Morgan fingerprint density at radius 1 is 1.00 bits per heavy atom. The van der Waals surface area contributed by atoms with Crippen molar-refractivity contribution in [2.75, 3.05) is 51.3 Å². The topological polar surface area (TPSA) is 178 Å². The number of benzene rings is 1. The largest absolute Gasteiger partial charge is 0.496 e. The SMILES string of the molecule is COCCOc1c(-c2c(OC)cccc2OCCOC(C)(C)C)cc(C(=O)Nc2nnc(-n3nccc3NC(C)=O)s2)oc1=O. The average molecular weight is 643 g/mol. The van der Waals surface area contributed by atoms with Crippen molar-refractivity contribution in [2.45, 2.75) is 33.3 Å². The number of anilines is 2. The lowest BCUT2D eigenvalue weighted by Gasteiger charge is -2.21. The van der Waals surface area contributed by atoms with Gasteiger partial charge in [-0.25, -0.2) is 4.79 Å². The third-order valence-electron chi connectivity index (χ3n) is 5.78. The van der Waals surface area contributed by atoms with E-state index in [0.717, 1.165) is 11.3 Å². The molecule has 0 unspecified atom stereocenters. The molecule has 2 amide bonds. The molecule has 45 heavy (non-hydrogen) atoms. The van der Waals surface area contributed by atoms with E-state index in [1.54, 1.807) is 24.3 Å². The van der Waals surface area contributed by atoms with Crippen LogP contribution in [0.1, 0.15) is 38.2 Å². The van der Waals surface area contributed by atoms with Gasteiger partial charge in [-0.1, -0.05) is 17.4 Å². The van der Waals surface area contributed by atoms with E-state index in [1.165, 1.54) is 38.1 Å². The van der Waals surface area contributed by atoms with Crippen molar-refractivity contribution in [3.8, 4) is 33.5 Å². The number of amides is 2. The number of hydrogen-bond acceptors (Lipinski definition) is 13. The first-order chi connectivity index (χ1) is 21.5. The maximum atomic E-state index is 13.3. The first-order valence-electron chi connectivity index (χ1n) is 13.7. The number of hydrogen-bond donors (Lipinski definition) is 2. The second kappa shape index (κ2) is 14.8. The van der Waals surface area contributed by atoms with Crippen LogP contribution in [-0.4, -0.2) is 78.0 Å². The van der Waals surface area contributed by atoms with E-state index in [-0.39, 0.29) is 58.7 Å². The van der Waals surface area contributed by atoms with Gasteiger partial charge in [-0.2, -0.15) is 9.78 Å². The van der Waals surface area contributed by atoms with Gasteiger partial charge in [0.2, 0.25) is 21.9 Å². The van der Waals surface area contributed by atoms with Crippen LogP contribution in [-0.2, 0) is 14.3 Å². The molecular formula is C29H34N6O9S. The fraction of sp³-hybridized carbons (Fsp3) is 0.379. The van der Waals surface area contributed by atoms with Crippen molar-refractivity contribution in [3.05, 3.63) is 52.7 Å². The molecule has 2 N–H and O–H groups in total. The van der Waals surface area contributed by atoms with Crippen LogP contribution in [0.25, 0.3) is 16.3 Å². The molecule has 0 saturated carbocycles. The Bertz CT molecular complexity index is 1690. The predicted octanol–water partition coefficient (Wildman–Crippen LogP) is 3.78. The summed E-state index contributed by atoms with van der Waals surface area (Å²) in [4.78, 5) is 38.1. The number of carbonyl (C=O) groups is 2. The molecule has 3 aromatic heterocycles. The maximum Gasteiger partial charge on any atom is 0.379 e. The summed E-state index contributed by atoms with van der Waals surface area (Å²) in [6, 6.07) is 8.07. The molecule has 4 aromatic rings. The molecule has 15 nitrogen and oxygen atoms in total. The second-order valence-corrected chi connectivity index (χ2v) is 11.2. The molecule has 240 valence electrons. The number of methoxy groups -OCH3 is 2. The fourth-order valence-electron chi connectivity index (χ4n) is 3.95. The number of nitrogens with zero attached hydrogens (tertiary/aromatic N) is 4. The van der Waals surface area contributed by atoms with Gasteiger partial charge in [0.25, 0.3) is 5.91 Å². The predicted molar refractivity (Wildman–Crippen MR) is 165 cm³/mol. The van der Waals surface area contributed by atoms with Crippen molar-refractivity contribution < 1.29 is 37.7 Å². The fourth-order valence-corrected chi connectivity index (χ4v) is 4.66. The minimum atomic E-state index is -0.906. The van der Waals surface area contributed by atoms with Crippen LogP contribution in [0, 0.1) is 0 Å². The molecule has 3 heterocycles. The number of nitrogens with one attached hydrogen (secondary N) is 2. The highest BCUT2D eigenvalue weighted by Crippen LogP contribution is 2.42. The van der Waals surface area contributed by atoms with Gasteiger partial charge in [0.05, 0.1) is 37.7 Å². The van der Waals surface area contributed by atoms with Crippen molar-refractivity contribution in [2.24, 2.45) is 0 Å². The molecule has 1 aromatic carbocycles. The molecule has 16 heteroatoms. The summed E-state index contributed by atoms with van der Waals surface area (Å²) in [6.07, 6.45) is 1.48. The summed E-state index contributed by atoms with van der Waals surface area (Å²) in [6.45, 7) is 7.90. The van der Waals surface area contributed by atoms with Crippen LogP contribution in [0.5, 0.6) is 17.2 Å². The van der Waals surface area contributed by atoms with Crippen LogP contribution in [0.4, 0.5) is 10.9 Å². The average Bonchev–Trinajstić information content (AvgIpc) is 3.64. The highest BCUT2D eigenvalue weighted by atomic mass is 32.1. The Morgan fingerprint density at radius 2 is 1.76 bits per heavy atom. The monoisotopic (exact) mass is 642 g/mol.